The number of hydrogen-bond acceptors (Lipinski definition) is 4. The molecule has 0 fully saturated rings. The van der Waals surface area contributed by atoms with Crippen molar-refractivity contribution in [2.24, 2.45) is 0 Å². The zero-order valence-electron chi connectivity index (χ0n) is 30.3. The van der Waals surface area contributed by atoms with Crippen molar-refractivity contribution < 1.29 is 27.0 Å². The van der Waals surface area contributed by atoms with Gasteiger partial charge in [0.25, 0.3) is 0 Å². The van der Waals surface area contributed by atoms with Gasteiger partial charge in [0.05, 0.1) is 35.0 Å². The Balaban J connectivity index is 1.13. The number of nitrogens with one attached hydrogen (secondary N) is 2. The molecule has 7 rings (SSSR count). The van der Waals surface area contributed by atoms with Crippen LogP contribution in [0.4, 0.5) is 17.6 Å². The van der Waals surface area contributed by atoms with Crippen LogP contribution in [0.25, 0.3) is 46.4 Å². The molecule has 2 atom stereocenters. The average Bonchev–Trinajstić information content (AvgIpc) is 3.94. The molecule has 2 aliphatic rings. The lowest BCUT2D eigenvalue weighted by Crippen LogP contribution is -2.02. The van der Waals surface area contributed by atoms with Gasteiger partial charge in [0.2, 0.25) is 0 Å². The zero-order valence-corrected chi connectivity index (χ0v) is 30.3. The highest BCUT2D eigenvalue weighted by Crippen LogP contribution is 2.29. The summed E-state index contributed by atoms with van der Waals surface area (Å²) in [5, 5.41) is 0. The molecule has 5 aromatic rings. The van der Waals surface area contributed by atoms with Gasteiger partial charge in [-0.15, -0.1) is 0 Å². The third-order valence-electron chi connectivity index (χ3n) is 9.68. The molecule has 0 aliphatic carbocycles. The number of halogens is 4. The fraction of sp³-hybridized carbons (Fsp3) is 0.273. The van der Waals surface area contributed by atoms with Crippen LogP contribution >= 0.6 is 0 Å². The minimum atomic E-state index is -0.577. The van der Waals surface area contributed by atoms with E-state index in [1.54, 1.807) is 0 Å². The number of benzene rings is 2. The lowest BCUT2D eigenvalue weighted by atomic mass is 10.1. The Hall–Kier alpha value is -5.32. The van der Waals surface area contributed by atoms with Crippen molar-refractivity contribution in [1.29, 1.82) is 0 Å². The van der Waals surface area contributed by atoms with Crippen molar-refractivity contribution in [3.05, 3.63) is 141 Å². The largest absolute Gasteiger partial charge is 0.374 e. The second-order valence-corrected chi connectivity index (χ2v) is 13.8. The van der Waals surface area contributed by atoms with E-state index in [-0.39, 0.29) is 12.2 Å². The standard InChI is InChI=1S/C44H42F4N4O2/c1-27(53-17-5-3-7-29-9-11-31(45)19-41(29)47)39-23-37-22-35-14-13-33(49-35)21-34-15-16-36(50-34)25-43-40(24-38(52-43)26-44(39)51-37)28(2)54-18-6-4-8-30-10-12-32(46)20-42(30)48/h9-16,19-28,51-52H,3-8,17-18H2,1-2H3. The Morgan fingerprint density at radius 3 is 1.46 bits per heavy atom. The van der Waals surface area contributed by atoms with Crippen LogP contribution in [0.15, 0.2) is 72.8 Å². The molecule has 2 N–H and O–H groups in total. The number of rotatable bonds is 14. The van der Waals surface area contributed by atoms with Crippen LogP contribution in [-0.4, -0.2) is 33.1 Å². The van der Waals surface area contributed by atoms with Gasteiger partial charge in [-0.2, -0.15) is 0 Å². The van der Waals surface area contributed by atoms with Crippen molar-refractivity contribution in [3.8, 4) is 0 Å². The molecular weight excluding hydrogens is 693 g/mol. The van der Waals surface area contributed by atoms with Gasteiger partial charge in [0, 0.05) is 58.5 Å². The summed E-state index contributed by atoms with van der Waals surface area (Å²) >= 11 is 0. The predicted octanol–water partition coefficient (Wildman–Crippen LogP) is 11.4. The second-order valence-electron chi connectivity index (χ2n) is 13.8. The number of aryl methyl sites for hydroxylation is 2. The number of nitrogens with zero attached hydrogens (tertiary/aromatic N) is 2. The molecule has 0 saturated carbocycles. The van der Waals surface area contributed by atoms with Gasteiger partial charge in [-0.3, -0.25) is 0 Å². The molecule has 3 aromatic heterocycles. The SMILES string of the molecule is CC(OCCCCc1ccc(F)cc1F)c1cc2cc3[nH]c(cc4nc(cc5nc(cc1[nH]2)C=C5)C=C4)cc3C(C)OCCCCc1ccc(F)cc1F. The van der Waals surface area contributed by atoms with E-state index < -0.39 is 23.3 Å². The van der Waals surface area contributed by atoms with Gasteiger partial charge < -0.3 is 19.4 Å². The highest BCUT2D eigenvalue weighted by Gasteiger charge is 2.15. The van der Waals surface area contributed by atoms with Crippen LogP contribution in [0.1, 0.15) is 96.8 Å². The number of H-pyrrole nitrogens is 2. The van der Waals surface area contributed by atoms with Crippen LogP contribution < -0.4 is 0 Å². The van der Waals surface area contributed by atoms with Gasteiger partial charge in [0.1, 0.15) is 23.3 Å². The Kier molecular flexibility index (Phi) is 11.5. The van der Waals surface area contributed by atoms with E-state index in [1.807, 2.05) is 56.4 Å². The van der Waals surface area contributed by atoms with E-state index in [1.165, 1.54) is 24.3 Å². The molecule has 2 aliphatic heterocycles. The van der Waals surface area contributed by atoms with Crippen molar-refractivity contribution in [1.82, 2.24) is 19.9 Å². The maximum absolute atomic E-state index is 14.1. The predicted molar refractivity (Wildman–Crippen MR) is 206 cm³/mol. The molecule has 0 radical (unpaired) electrons. The molecule has 0 amide bonds. The zero-order chi connectivity index (χ0) is 37.6. The first-order valence-electron chi connectivity index (χ1n) is 18.4. The van der Waals surface area contributed by atoms with Crippen molar-refractivity contribution >= 4 is 46.4 Å². The van der Waals surface area contributed by atoms with E-state index in [9.17, 15) is 17.6 Å². The average molecular weight is 735 g/mol. The number of aromatic nitrogens is 4. The molecule has 2 aromatic carbocycles. The number of hydrogen-bond donors (Lipinski definition) is 2. The fourth-order valence-corrected chi connectivity index (χ4v) is 6.79. The van der Waals surface area contributed by atoms with Crippen LogP contribution in [0.3, 0.4) is 0 Å². The second kappa shape index (κ2) is 16.8. The van der Waals surface area contributed by atoms with Gasteiger partial charge >= 0.3 is 0 Å². The molecule has 54 heavy (non-hydrogen) atoms. The number of ether oxygens (including phenoxy) is 2. The normalized spacial score (nSPS) is 13.4. The maximum Gasteiger partial charge on any atom is 0.129 e. The lowest BCUT2D eigenvalue weighted by Gasteiger charge is -2.12. The summed E-state index contributed by atoms with van der Waals surface area (Å²) in [6.45, 7) is 4.98. The van der Waals surface area contributed by atoms with Crippen molar-refractivity contribution in [2.45, 2.75) is 64.6 Å². The summed E-state index contributed by atoms with van der Waals surface area (Å²) in [6.07, 6.45) is 11.2. The molecule has 0 spiro atoms. The van der Waals surface area contributed by atoms with E-state index >= 15 is 0 Å². The summed E-state index contributed by atoms with van der Waals surface area (Å²) in [6, 6.07) is 19.6. The van der Waals surface area contributed by atoms with Crippen LogP contribution in [0.5, 0.6) is 0 Å². The summed E-state index contributed by atoms with van der Waals surface area (Å²) in [7, 11) is 0. The smallest absolute Gasteiger partial charge is 0.129 e. The molecule has 10 heteroatoms. The van der Waals surface area contributed by atoms with Crippen LogP contribution in [0.2, 0.25) is 0 Å². The van der Waals surface area contributed by atoms with Gasteiger partial charge in [-0.1, -0.05) is 12.1 Å². The quantitative estimate of drug-likeness (QED) is 0.0862. The molecule has 0 saturated heterocycles. The van der Waals surface area contributed by atoms with E-state index in [4.69, 9.17) is 19.4 Å². The first kappa shape index (κ1) is 37.0. The Morgan fingerprint density at radius 2 is 0.963 bits per heavy atom. The van der Waals surface area contributed by atoms with Crippen LogP contribution in [-0.2, 0) is 22.3 Å². The minimum Gasteiger partial charge on any atom is -0.374 e. The fourth-order valence-electron chi connectivity index (χ4n) is 6.79. The topological polar surface area (TPSA) is 75.8 Å². The monoisotopic (exact) mass is 734 g/mol. The van der Waals surface area contributed by atoms with Gasteiger partial charge in [-0.05, 0) is 136 Å². The molecular formula is C44H42F4N4O2. The molecule has 278 valence electrons. The Morgan fingerprint density at radius 1 is 0.519 bits per heavy atom. The number of aromatic amines is 2. The van der Waals surface area contributed by atoms with E-state index in [0.717, 1.165) is 80.9 Å². The summed E-state index contributed by atoms with van der Waals surface area (Å²) in [4.78, 5) is 16.7. The van der Waals surface area contributed by atoms with Crippen molar-refractivity contribution in [2.75, 3.05) is 13.2 Å². The number of unbranched alkanes of at least 4 members (excludes halogenated alkanes) is 2. The minimum absolute atomic E-state index is 0.256. The summed E-state index contributed by atoms with van der Waals surface area (Å²) in [5.41, 5.74) is 9.63. The van der Waals surface area contributed by atoms with Crippen molar-refractivity contribution in [3.63, 3.8) is 0 Å². The Bertz CT molecular complexity index is 2360. The van der Waals surface area contributed by atoms with E-state index in [0.29, 0.717) is 50.0 Å². The maximum atomic E-state index is 14.1. The third-order valence-corrected chi connectivity index (χ3v) is 9.68. The van der Waals surface area contributed by atoms with Crippen LogP contribution in [0, 0.1) is 23.3 Å². The lowest BCUT2D eigenvalue weighted by molar-refractivity contribution is 0.0639. The molecule has 5 heterocycles. The summed E-state index contributed by atoms with van der Waals surface area (Å²) < 4.78 is 67.4. The highest BCUT2D eigenvalue weighted by atomic mass is 19.1. The van der Waals surface area contributed by atoms with E-state index in [2.05, 4.69) is 28.2 Å². The number of fused-ring (bicyclic) bond motifs is 8. The molecule has 2 unspecified atom stereocenters. The van der Waals surface area contributed by atoms with Gasteiger partial charge in [-0.25, -0.2) is 27.5 Å². The molecule has 8 bridgehead atoms. The molecule has 6 nitrogen and oxygen atoms in total. The third kappa shape index (κ3) is 9.24. The first-order valence-corrected chi connectivity index (χ1v) is 18.4. The summed E-state index contributed by atoms with van der Waals surface area (Å²) in [5.74, 6) is -2.20. The Labute approximate surface area is 311 Å². The highest BCUT2D eigenvalue weighted by molar-refractivity contribution is 5.79. The van der Waals surface area contributed by atoms with Gasteiger partial charge in [0.15, 0.2) is 0 Å². The first-order chi connectivity index (χ1) is 26.2.